The Balaban J connectivity index is 2.25. The van der Waals surface area contributed by atoms with Crippen molar-refractivity contribution in [3.8, 4) is 0 Å². The Morgan fingerprint density at radius 3 is 2.56 bits per heavy atom. The molecule has 1 atom stereocenters. The van der Waals surface area contributed by atoms with Gasteiger partial charge in [-0.1, -0.05) is 57.9 Å². The van der Waals surface area contributed by atoms with Crippen molar-refractivity contribution in [3.63, 3.8) is 0 Å². The topological polar surface area (TPSA) is 49.4 Å². The third-order valence-corrected chi connectivity index (χ3v) is 4.82. The summed E-state index contributed by atoms with van der Waals surface area (Å²) in [6, 6.07) is 14.3. The fourth-order valence-electron chi connectivity index (χ4n) is 2.53. The molecular formula is C19H20BrClN2O2. The molecule has 0 heterocycles. The number of carbonyl (C=O) groups is 2. The second-order valence-corrected chi connectivity index (χ2v) is 7.03. The van der Waals surface area contributed by atoms with Gasteiger partial charge < -0.3 is 10.2 Å². The van der Waals surface area contributed by atoms with Gasteiger partial charge in [0.05, 0.1) is 6.42 Å². The van der Waals surface area contributed by atoms with E-state index in [2.05, 4.69) is 21.2 Å². The van der Waals surface area contributed by atoms with Crippen LogP contribution in [0.3, 0.4) is 0 Å². The Morgan fingerprint density at radius 2 is 1.92 bits per heavy atom. The fourth-order valence-corrected chi connectivity index (χ4v) is 3.18. The normalized spacial score (nSPS) is 11.7. The second kappa shape index (κ2) is 9.02. The highest BCUT2D eigenvalue weighted by Gasteiger charge is 2.25. The van der Waals surface area contributed by atoms with Crippen molar-refractivity contribution in [2.24, 2.45) is 0 Å². The maximum atomic E-state index is 12.9. The molecule has 0 spiro atoms. The highest BCUT2D eigenvalue weighted by Crippen LogP contribution is 2.19. The van der Waals surface area contributed by atoms with E-state index >= 15 is 0 Å². The van der Waals surface area contributed by atoms with Crippen LogP contribution in [0.5, 0.6) is 0 Å². The van der Waals surface area contributed by atoms with Gasteiger partial charge in [0.2, 0.25) is 11.8 Å². The average Bonchev–Trinajstić information content (AvgIpc) is 2.60. The number of rotatable bonds is 6. The van der Waals surface area contributed by atoms with Gasteiger partial charge in [0.1, 0.15) is 6.04 Å². The molecule has 0 aromatic heterocycles. The van der Waals surface area contributed by atoms with Crippen LogP contribution >= 0.6 is 27.5 Å². The van der Waals surface area contributed by atoms with E-state index in [1.165, 1.54) is 0 Å². The summed E-state index contributed by atoms with van der Waals surface area (Å²) in [5.74, 6) is -0.355. The lowest BCUT2D eigenvalue weighted by molar-refractivity contribution is -0.139. The van der Waals surface area contributed by atoms with E-state index in [1.807, 2.05) is 42.5 Å². The summed E-state index contributed by atoms with van der Waals surface area (Å²) < 4.78 is 0.927. The zero-order valence-corrected chi connectivity index (χ0v) is 16.5. The molecule has 0 fully saturated rings. The number of benzene rings is 2. The number of carbonyl (C=O) groups excluding carboxylic acids is 2. The average molecular weight is 424 g/mol. The first-order valence-corrected chi connectivity index (χ1v) is 9.08. The van der Waals surface area contributed by atoms with Crippen molar-refractivity contribution in [1.29, 1.82) is 0 Å². The molecule has 0 aliphatic rings. The monoisotopic (exact) mass is 422 g/mol. The molecule has 1 N–H and O–H groups in total. The Kier molecular flexibility index (Phi) is 7.02. The smallest absolute Gasteiger partial charge is 0.242 e. The SMILES string of the molecule is CNC(=O)[C@@H](C)N(Cc1cccc(Br)c1)C(=O)Cc1ccccc1Cl. The lowest BCUT2D eigenvalue weighted by Gasteiger charge is -2.28. The van der Waals surface area contributed by atoms with E-state index in [0.717, 1.165) is 15.6 Å². The summed E-state index contributed by atoms with van der Waals surface area (Å²) in [4.78, 5) is 26.6. The van der Waals surface area contributed by atoms with Crippen LogP contribution in [0.2, 0.25) is 5.02 Å². The van der Waals surface area contributed by atoms with Gasteiger partial charge in [-0.2, -0.15) is 0 Å². The van der Waals surface area contributed by atoms with Crippen molar-refractivity contribution in [3.05, 3.63) is 69.2 Å². The molecule has 6 heteroatoms. The summed E-state index contributed by atoms with van der Waals surface area (Å²) in [5, 5.41) is 3.15. The number of nitrogens with zero attached hydrogens (tertiary/aromatic N) is 1. The van der Waals surface area contributed by atoms with Gasteiger partial charge in [-0.05, 0) is 36.2 Å². The van der Waals surface area contributed by atoms with Crippen molar-refractivity contribution >= 4 is 39.3 Å². The summed E-state index contributed by atoms with van der Waals surface area (Å²) in [7, 11) is 1.56. The number of halogens is 2. The highest BCUT2D eigenvalue weighted by molar-refractivity contribution is 9.10. The molecule has 132 valence electrons. The quantitative estimate of drug-likeness (QED) is 0.768. The van der Waals surface area contributed by atoms with E-state index in [9.17, 15) is 9.59 Å². The molecule has 0 radical (unpaired) electrons. The largest absolute Gasteiger partial charge is 0.357 e. The number of likely N-dealkylation sites (N-methyl/N-ethyl adjacent to an activating group) is 1. The number of hydrogen-bond donors (Lipinski definition) is 1. The fraction of sp³-hybridized carbons (Fsp3) is 0.263. The molecule has 0 bridgehead atoms. The molecule has 0 saturated heterocycles. The Labute approximate surface area is 161 Å². The van der Waals surface area contributed by atoms with Gasteiger partial charge in [0, 0.05) is 23.1 Å². The van der Waals surface area contributed by atoms with Gasteiger partial charge >= 0.3 is 0 Å². The number of hydrogen-bond acceptors (Lipinski definition) is 2. The lowest BCUT2D eigenvalue weighted by Crippen LogP contribution is -2.47. The molecule has 0 unspecified atom stereocenters. The zero-order valence-electron chi connectivity index (χ0n) is 14.1. The van der Waals surface area contributed by atoms with E-state index < -0.39 is 6.04 Å². The predicted molar refractivity (Wildman–Crippen MR) is 103 cm³/mol. The summed E-state index contributed by atoms with van der Waals surface area (Å²) in [6.07, 6.45) is 0.148. The predicted octanol–water partition coefficient (Wildman–Crippen LogP) is 3.81. The van der Waals surface area contributed by atoms with Crippen LogP contribution in [0.1, 0.15) is 18.1 Å². The van der Waals surface area contributed by atoms with Crippen LogP contribution in [-0.4, -0.2) is 29.8 Å². The van der Waals surface area contributed by atoms with E-state index in [4.69, 9.17) is 11.6 Å². The number of amides is 2. The van der Waals surface area contributed by atoms with E-state index in [1.54, 1.807) is 24.9 Å². The molecule has 2 amide bonds. The van der Waals surface area contributed by atoms with Gasteiger partial charge in [-0.3, -0.25) is 9.59 Å². The van der Waals surface area contributed by atoms with Crippen LogP contribution in [0.15, 0.2) is 53.0 Å². The molecule has 0 saturated carbocycles. The second-order valence-electron chi connectivity index (χ2n) is 5.71. The molecule has 0 aliphatic carbocycles. The van der Waals surface area contributed by atoms with Crippen molar-refractivity contribution in [1.82, 2.24) is 10.2 Å². The molecule has 2 aromatic rings. The molecule has 4 nitrogen and oxygen atoms in total. The third kappa shape index (κ3) is 5.31. The van der Waals surface area contributed by atoms with Gasteiger partial charge in [0.25, 0.3) is 0 Å². The lowest BCUT2D eigenvalue weighted by atomic mass is 10.1. The van der Waals surface area contributed by atoms with Crippen LogP contribution in [0, 0.1) is 0 Å². The highest BCUT2D eigenvalue weighted by atomic mass is 79.9. The Hall–Kier alpha value is -1.85. The Morgan fingerprint density at radius 1 is 1.20 bits per heavy atom. The Bertz CT molecular complexity index is 767. The molecule has 25 heavy (non-hydrogen) atoms. The summed E-state index contributed by atoms with van der Waals surface area (Å²) in [5.41, 5.74) is 1.69. The minimum Gasteiger partial charge on any atom is -0.357 e. The molecule has 2 aromatic carbocycles. The maximum absolute atomic E-state index is 12.9. The van der Waals surface area contributed by atoms with Gasteiger partial charge in [0.15, 0.2) is 0 Å². The third-order valence-electron chi connectivity index (χ3n) is 3.96. The minimum absolute atomic E-state index is 0.148. The van der Waals surface area contributed by atoms with Crippen molar-refractivity contribution in [2.45, 2.75) is 25.9 Å². The van der Waals surface area contributed by atoms with Crippen LogP contribution in [0.25, 0.3) is 0 Å². The van der Waals surface area contributed by atoms with E-state index in [-0.39, 0.29) is 18.2 Å². The molecule has 0 aliphatic heterocycles. The van der Waals surface area contributed by atoms with E-state index in [0.29, 0.717) is 11.6 Å². The maximum Gasteiger partial charge on any atom is 0.242 e. The van der Waals surface area contributed by atoms with Crippen LogP contribution < -0.4 is 5.32 Å². The molecular weight excluding hydrogens is 404 g/mol. The van der Waals surface area contributed by atoms with Gasteiger partial charge in [-0.25, -0.2) is 0 Å². The van der Waals surface area contributed by atoms with Crippen molar-refractivity contribution in [2.75, 3.05) is 7.05 Å². The summed E-state index contributed by atoms with van der Waals surface area (Å²) >= 11 is 9.60. The molecule has 2 rings (SSSR count). The standard InChI is InChI=1S/C19H20BrClN2O2/c1-13(19(25)22-2)23(12-14-6-5-8-16(20)10-14)18(24)11-15-7-3-4-9-17(15)21/h3-10,13H,11-12H2,1-2H3,(H,22,25)/t13-/m1/s1. The van der Waals surface area contributed by atoms with Crippen LogP contribution in [0.4, 0.5) is 0 Å². The van der Waals surface area contributed by atoms with Crippen LogP contribution in [-0.2, 0) is 22.6 Å². The van der Waals surface area contributed by atoms with Gasteiger partial charge in [-0.15, -0.1) is 0 Å². The first-order chi connectivity index (χ1) is 11.9. The van der Waals surface area contributed by atoms with Crippen molar-refractivity contribution < 1.29 is 9.59 Å². The number of nitrogens with one attached hydrogen (secondary N) is 1. The first kappa shape index (κ1) is 19.5. The first-order valence-electron chi connectivity index (χ1n) is 7.91. The zero-order chi connectivity index (χ0) is 18.4. The minimum atomic E-state index is -0.584. The summed E-state index contributed by atoms with van der Waals surface area (Å²) in [6.45, 7) is 2.07.